The maximum Gasteiger partial charge on any atom is 0.0809 e. The molecule has 0 radical (unpaired) electrons. The van der Waals surface area contributed by atoms with Crippen molar-refractivity contribution in [2.45, 2.75) is 39.7 Å². The number of nitrogens with two attached hydrogens (primary N) is 1. The SMILES string of the molecule is CCOC(C)(CN)C1CC1(C)C. The van der Waals surface area contributed by atoms with Crippen molar-refractivity contribution in [2.24, 2.45) is 17.1 Å². The molecular formula is C10H21NO. The lowest BCUT2D eigenvalue weighted by molar-refractivity contribution is -0.0424. The predicted octanol–water partition coefficient (Wildman–Crippen LogP) is 1.79. The van der Waals surface area contributed by atoms with Crippen molar-refractivity contribution in [1.82, 2.24) is 0 Å². The van der Waals surface area contributed by atoms with Crippen molar-refractivity contribution >= 4 is 0 Å². The summed E-state index contributed by atoms with van der Waals surface area (Å²) in [5.74, 6) is 0.648. The molecule has 0 amide bonds. The van der Waals surface area contributed by atoms with Gasteiger partial charge in [-0.3, -0.25) is 0 Å². The monoisotopic (exact) mass is 171 g/mol. The molecule has 2 nitrogen and oxygen atoms in total. The van der Waals surface area contributed by atoms with Crippen LogP contribution < -0.4 is 5.73 Å². The molecule has 1 fully saturated rings. The number of rotatable bonds is 4. The van der Waals surface area contributed by atoms with Crippen molar-refractivity contribution in [3.63, 3.8) is 0 Å². The molecule has 1 saturated carbocycles. The molecule has 0 aromatic heterocycles. The Kier molecular flexibility index (Phi) is 2.50. The molecule has 0 aromatic carbocycles. The second kappa shape index (κ2) is 3.00. The van der Waals surface area contributed by atoms with E-state index in [1.165, 1.54) is 6.42 Å². The van der Waals surface area contributed by atoms with Crippen LogP contribution in [0.25, 0.3) is 0 Å². The van der Waals surface area contributed by atoms with Gasteiger partial charge in [0, 0.05) is 13.2 Å². The van der Waals surface area contributed by atoms with Crippen molar-refractivity contribution in [3.05, 3.63) is 0 Å². The molecule has 0 aromatic rings. The van der Waals surface area contributed by atoms with Crippen LogP contribution in [-0.4, -0.2) is 18.8 Å². The van der Waals surface area contributed by atoms with Gasteiger partial charge in [-0.25, -0.2) is 0 Å². The van der Waals surface area contributed by atoms with Crippen molar-refractivity contribution < 1.29 is 4.74 Å². The fourth-order valence-electron chi connectivity index (χ4n) is 2.14. The molecular weight excluding hydrogens is 150 g/mol. The molecule has 0 spiro atoms. The van der Waals surface area contributed by atoms with E-state index >= 15 is 0 Å². The van der Waals surface area contributed by atoms with E-state index < -0.39 is 0 Å². The molecule has 1 aliphatic carbocycles. The summed E-state index contributed by atoms with van der Waals surface area (Å²) in [4.78, 5) is 0. The summed E-state index contributed by atoms with van der Waals surface area (Å²) in [6.07, 6.45) is 1.25. The average Bonchev–Trinajstić information content (AvgIpc) is 2.61. The first kappa shape index (κ1) is 10.0. The van der Waals surface area contributed by atoms with Crippen LogP contribution in [0, 0.1) is 11.3 Å². The van der Waals surface area contributed by atoms with Gasteiger partial charge in [0.1, 0.15) is 0 Å². The maximum atomic E-state index is 5.73. The van der Waals surface area contributed by atoms with Gasteiger partial charge in [0.15, 0.2) is 0 Å². The van der Waals surface area contributed by atoms with Crippen molar-refractivity contribution in [3.8, 4) is 0 Å². The van der Waals surface area contributed by atoms with E-state index in [0.29, 0.717) is 17.9 Å². The number of hydrogen-bond acceptors (Lipinski definition) is 2. The van der Waals surface area contributed by atoms with E-state index in [9.17, 15) is 0 Å². The summed E-state index contributed by atoms with van der Waals surface area (Å²) in [7, 11) is 0. The van der Waals surface area contributed by atoms with Gasteiger partial charge < -0.3 is 10.5 Å². The van der Waals surface area contributed by atoms with Crippen LogP contribution in [0.5, 0.6) is 0 Å². The van der Waals surface area contributed by atoms with E-state index in [1.807, 2.05) is 6.92 Å². The minimum absolute atomic E-state index is 0.0851. The Morgan fingerprint density at radius 1 is 1.58 bits per heavy atom. The molecule has 1 aliphatic rings. The first-order valence-corrected chi connectivity index (χ1v) is 4.80. The lowest BCUT2D eigenvalue weighted by Gasteiger charge is -2.29. The number of hydrogen-bond donors (Lipinski definition) is 1. The summed E-state index contributed by atoms with van der Waals surface area (Å²) in [6, 6.07) is 0. The molecule has 1 rings (SSSR count). The molecule has 2 unspecified atom stereocenters. The zero-order valence-corrected chi connectivity index (χ0v) is 8.68. The summed E-state index contributed by atoms with van der Waals surface area (Å²) in [5.41, 5.74) is 6.09. The van der Waals surface area contributed by atoms with Gasteiger partial charge in [-0.2, -0.15) is 0 Å². The first-order valence-electron chi connectivity index (χ1n) is 4.80. The van der Waals surface area contributed by atoms with Crippen LogP contribution in [0.2, 0.25) is 0 Å². The minimum atomic E-state index is -0.0851. The van der Waals surface area contributed by atoms with Crippen molar-refractivity contribution in [2.75, 3.05) is 13.2 Å². The van der Waals surface area contributed by atoms with Gasteiger partial charge in [0.25, 0.3) is 0 Å². The minimum Gasteiger partial charge on any atom is -0.374 e. The molecule has 0 bridgehead atoms. The Hall–Kier alpha value is -0.0800. The van der Waals surface area contributed by atoms with E-state index in [2.05, 4.69) is 20.8 Å². The van der Waals surface area contributed by atoms with Crippen LogP contribution in [0.4, 0.5) is 0 Å². The fourth-order valence-corrected chi connectivity index (χ4v) is 2.14. The fraction of sp³-hybridized carbons (Fsp3) is 1.00. The molecule has 72 valence electrons. The topological polar surface area (TPSA) is 35.2 Å². The van der Waals surface area contributed by atoms with E-state index in [-0.39, 0.29) is 5.60 Å². The van der Waals surface area contributed by atoms with Gasteiger partial charge >= 0.3 is 0 Å². The normalized spacial score (nSPS) is 31.2. The Morgan fingerprint density at radius 2 is 2.08 bits per heavy atom. The predicted molar refractivity (Wildman–Crippen MR) is 51.0 cm³/mol. The molecule has 0 saturated heterocycles. The Morgan fingerprint density at radius 3 is 2.33 bits per heavy atom. The van der Waals surface area contributed by atoms with Gasteiger partial charge in [-0.1, -0.05) is 13.8 Å². The van der Waals surface area contributed by atoms with Gasteiger partial charge in [0.05, 0.1) is 5.60 Å². The first-order chi connectivity index (χ1) is 5.46. The molecule has 0 heterocycles. The smallest absolute Gasteiger partial charge is 0.0809 e. The summed E-state index contributed by atoms with van der Waals surface area (Å²) in [6.45, 7) is 10.1. The standard InChI is InChI=1S/C10H21NO/c1-5-12-10(4,7-11)8-6-9(8,2)3/h8H,5-7,11H2,1-4H3. The third-order valence-corrected chi connectivity index (χ3v) is 3.13. The Bertz CT molecular complexity index is 167. The zero-order chi connectivity index (χ0) is 9.41. The summed E-state index contributed by atoms with van der Waals surface area (Å²) in [5, 5.41) is 0. The third kappa shape index (κ3) is 1.64. The van der Waals surface area contributed by atoms with Crippen LogP contribution >= 0.6 is 0 Å². The average molecular weight is 171 g/mol. The van der Waals surface area contributed by atoms with Gasteiger partial charge in [-0.15, -0.1) is 0 Å². The van der Waals surface area contributed by atoms with Crippen LogP contribution in [0.3, 0.4) is 0 Å². The lowest BCUT2D eigenvalue weighted by Crippen LogP contribution is -2.41. The molecule has 2 heteroatoms. The highest BCUT2D eigenvalue weighted by molar-refractivity contribution is 5.06. The molecule has 12 heavy (non-hydrogen) atoms. The second-order valence-corrected chi connectivity index (χ2v) is 4.70. The Labute approximate surface area is 75.5 Å². The van der Waals surface area contributed by atoms with Crippen molar-refractivity contribution in [1.29, 1.82) is 0 Å². The van der Waals surface area contributed by atoms with Gasteiger partial charge in [0.2, 0.25) is 0 Å². The lowest BCUT2D eigenvalue weighted by atomic mass is 9.94. The number of ether oxygens (including phenoxy) is 1. The van der Waals surface area contributed by atoms with Crippen LogP contribution in [0.15, 0.2) is 0 Å². The van der Waals surface area contributed by atoms with E-state index in [1.54, 1.807) is 0 Å². The molecule has 0 aliphatic heterocycles. The summed E-state index contributed by atoms with van der Waals surface area (Å²) >= 11 is 0. The largest absolute Gasteiger partial charge is 0.374 e. The summed E-state index contributed by atoms with van der Waals surface area (Å²) < 4.78 is 5.71. The van der Waals surface area contributed by atoms with E-state index in [0.717, 1.165) is 6.61 Å². The van der Waals surface area contributed by atoms with Crippen LogP contribution in [-0.2, 0) is 4.74 Å². The van der Waals surface area contributed by atoms with E-state index in [4.69, 9.17) is 10.5 Å². The molecule has 2 N–H and O–H groups in total. The quantitative estimate of drug-likeness (QED) is 0.700. The van der Waals surface area contributed by atoms with Gasteiger partial charge in [-0.05, 0) is 31.6 Å². The molecule has 2 atom stereocenters. The highest BCUT2D eigenvalue weighted by Gasteiger charge is 2.55. The highest BCUT2D eigenvalue weighted by atomic mass is 16.5. The highest BCUT2D eigenvalue weighted by Crippen LogP contribution is 2.57. The maximum absolute atomic E-state index is 5.73. The third-order valence-electron chi connectivity index (χ3n) is 3.13. The zero-order valence-electron chi connectivity index (χ0n) is 8.68. The van der Waals surface area contributed by atoms with Crippen LogP contribution in [0.1, 0.15) is 34.1 Å². The Balaban J connectivity index is 2.57. The second-order valence-electron chi connectivity index (χ2n) is 4.70.